The first-order valence-corrected chi connectivity index (χ1v) is 12.4. The number of para-hydroxylation sites is 1. The molecule has 0 radical (unpaired) electrons. The van der Waals surface area contributed by atoms with Crippen molar-refractivity contribution in [2.75, 3.05) is 32.8 Å². The molecule has 0 saturated carbocycles. The number of carbonyl (C=O) groups excluding carboxylic acids is 1. The highest BCUT2D eigenvalue weighted by Gasteiger charge is 2.48. The van der Waals surface area contributed by atoms with E-state index < -0.39 is 23.9 Å². The average molecular weight is 495 g/mol. The maximum Gasteiger partial charge on any atom is 0.509 e. The molecule has 3 aromatic rings. The van der Waals surface area contributed by atoms with Crippen LogP contribution in [0, 0.1) is 17.6 Å². The van der Waals surface area contributed by atoms with Crippen molar-refractivity contribution >= 4 is 6.16 Å². The van der Waals surface area contributed by atoms with Gasteiger partial charge in [-0.2, -0.15) is 0 Å². The minimum atomic E-state index is -0.979. The molecule has 0 aliphatic carbocycles. The summed E-state index contributed by atoms with van der Waals surface area (Å²) in [5, 5.41) is 0. The Kier molecular flexibility index (Phi) is 7.18. The standard InChI is InChI=1S/C29H30F2NO4/c30-24-8-4-6-22(18-24)28(23-7-5-9-25(31)19-23)36-29(33)35-27-20-32(14-12-21(27)13-15-32)16-17-34-26-10-2-1-3-11-26/h1-11,18-19,21,27-28H,12-17,20H2/q+1. The lowest BCUT2D eigenvalue weighted by Gasteiger charge is -2.51. The van der Waals surface area contributed by atoms with Crippen molar-refractivity contribution in [1.29, 1.82) is 0 Å². The van der Waals surface area contributed by atoms with Gasteiger partial charge in [0.15, 0.2) is 12.2 Å². The monoisotopic (exact) mass is 494 g/mol. The number of nitrogens with zero attached hydrogens (tertiary/aromatic N) is 1. The van der Waals surface area contributed by atoms with Gasteiger partial charge in [-0.05, 0) is 36.4 Å². The van der Waals surface area contributed by atoms with Crippen molar-refractivity contribution in [3.05, 3.63) is 102 Å². The molecule has 0 N–H and O–H groups in total. The number of quaternary nitrogens is 1. The van der Waals surface area contributed by atoms with E-state index in [0.29, 0.717) is 24.3 Å². The predicted octanol–water partition coefficient (Wildman–Crippen LogP) is 5.90. The molecule has 0 spiro atoms. The van der Waals surface area contributed by atoms with Crippen LogP contribution in [0.2, 0.25) is 0 Å². The lowest BCUT2D eigenvalue weighted by Crippen LogP contribution is -2.65. The molecule has 3 aromatic carbocycles. The third-order valence-corrected chi connectivity index (χ3v) is 7.38. The quantitative estimate of drug-likeness (QED) is 0.289. The Labute approximate surface area is 209 Å². The molecule has 0 amide bonds. The van der Waals surface area contributed by atoms with Crippen LogP contribution in [0.1, 0.15) is 30.1 Å². The van der Waals surface area contributed by atoms with Gasteiger partial charge in [0.25, 0.3) is 0 Å². The molecule has 3 aliphatic heterocycles. The number of carbonyl (C=O) groups is 1. The van der Waals surface area contributed by atoms with Gasteiger partial charge in [-0.1, -0.05) is 42.5 Å². The molecule has 1 atom stereocenters. The first kappa shape index (κ1) is 24.3. The molecule has 5 nitrogen and oxygen atoms in total. The summed E-state index contributed by atoms with van der Waals surface area (Å²) in [6.07, 6.45) is -0.128. The van der Waals surface area contributed by atoms with Crippen LogP contribution >= 0.6 is 0 Å². The Bertz CT molecular complexity index is 1140. The zero-order valence-electron chi connectivity index (χ0n) is 20.0. The lowest BCUT2D eigenvalue weighted by atomic mass is 9.83. The molecular formula is C29H30F2NO4+. The Balaban J connectivity index is 1.24. The average Bonchev–Trinajstić information content (AvgIpc) is 2.88. The van der Waals surface area contributed by atoms with Crippen molar-refractivity contribution in [1.82, 2.24) is 0 Å². The first-order valence-electron chi connectivity index (χ1n) is 12.4. The number of piperidine rings is 3. The maximum atomic E-state index is 13.9. The molecular weight excluding hydrogens is 464 g/mol. The van der Waals surface area contributed by atoms with Crippen molar-refractivity contribution in [3.8, 4) is 5.75 Å². The molecule has 3 fully saturated rings. The van der Waals surface area contributed by atoms with E-state index in [2.05, 4.69) is 0 Å². The minimum absolute atomic E-state index is 0.266. The number of ether oxygens (including phenoxy) is 3. The number of benzene rings is 3. The normalized spacial score (nSPS) is 22.9. The summed E-state index contributed by atoms with van der Waals surface area (Å²) in [5.41, 5.74) is 0.820. The number of hydrogen-bond donors (Lipinski definition) is 0. The fourth-order valence-corrected chi connectivity index (χ4v) is 5.46. The summed E-state index contributed by atoms with van der Waals surface area (Å²) in [6.45, 7) is 4.21. The molecule has 0 aromatic heterocycles. The van der Waals surface area contributed by atoms with Crippen molar-refractivity contribution in [3.63, 3.8) is 0 Å². The van der Waals surface area contributed by atoms with Gasteiger partial charge >= 0.3 is 6.16 Å². The van der Waals surface area contributed by atoms with Crippen molar-refractivity contribution < 1.29 is 32.3 Å². The van der Waals surface area contributed by atoms with E-state index >= 15 is 0 Å². The lowest BCUT2D eigenvalue weighted by molar-refractivity contribution is -0.946. The summed E-state index contributed by atoms with van der Waals surface area (Å²) in [5.74, 6) is 0.203. The highest BCUT2D eigenvalue weighted by Crippen LogP contribution is 2.36. The van der Waals surface area contributed by atoms with E-state index in [4.69, 9.17) is 14.2 Å². The molecule has 188 valence electrons. The summed E-state index contributed by atoms with van der Waals surface area (Å²) in [7, 11) is 0. The molecule has 1 unspecified atom stereocenters. The fraction of sp³-hybridized carbons (Fsp3) is 0.345. The molecule has 7 heteroatoms. The number of rotatable bonds is 8. The van der Waals surface area contributed by atoms with E-state index in [1.807, 2.05) is 30.3 Å². The van der Waals surface area contributed by atoms with E-state index in [9.17, 15) is 13.6 Å². The molecule has 3 aliphatic rings. The second kappa shape index (κ2) is 10.7. The first-order chi connectivity index (χ1) is 17.5. The van der Waals surface area contributed by atoms with Gasteiger partial charge < -0.3 is 18.7 Å². The third-order valence-electron chi connectivity index (χ3n) is 7.38. The van der Waals surface area contributed by atoms with Crippen LogP contribution in [0.4, 0.5) is 13.6 Å². The number of fused-ring (bicyclic) bond motifs is 3. The molecule has 6 rings (SSSR count). The highest BCUT2D eigenvalue weighted by molar-refractivity contribution is 5.61. The predicted molar refractivity (Wildman–Crippen MR) is 130 cm³/mol. The van der Waals surface area contributed by atoms with Gasteiger partial charge in [-0.15, -0.1) is 0 Å². The van der Waals surface area contributed by atoms with Crippen molar-refractivity contribution in [2.45, 2.75) is 25.0 Å². The minimum Gasteiger partial charge on any atom is -0.488 e. The van der Waals surface area contributed by atoms with E-state index in [-0.39, 0.29) is 12.0 Å². The largest absolute Gasteiger partial charge is 0.509 e. The van der Waals surface area contributed by atoms with Crippen LogP contribution in [0.5, 0.6) is 5.75 Å². The van der Waals surface area contributed by atoms with E-state index in [1.165, 1.54) is 36.4 Å². The SMILES string of the molecule is O=C(OC(c1cccc(F)c1)c1cccc(F)c1)OC1C[N+]2(CCOc3ccccc3)CCC1CC2. The molecule has 3 saturated heterocycles. The van der Waals surface area contributed by atoms with Gasteiger partial charge in [0.1, 0.15) is 37.1 Å². The van der Waals surface area contributed by atoms with E-state index in [1.54, 1.807) is 12.1 Å². The van der Waals surface area contributed by atoms with Crippen LogP contribution in [-0.4, -0.2) is 49.5 Å². The highest BCUT2D eigenvalue weighted by atomic mass is 19.1. The second-order valence-corrected chi connectivity index (χ2v) is 9.71. The summed E-state index contributed by atoms with van der Waals surface area (Å²) < 4.78 is 46.2. The van der Waals surface area contributed by atoms with Gasteiger partial charge in [-0.3, -0.25) is 0 Å². The summed E-state index contributed by atoms with van der Waals surface area (Å²) >= 11 is 0. The van der Waals surface area contributed by atoms with Crippen LogP contribution < -0.4 is 4.74 Å². The van der Waals surface area contributed by atoms with Crippen LogP contribution in [-0.2, 0) is 9.47 Å². The number of halogens is 2. The summed E-state index contributed by atoms with van der Waals surface area (Å²) in [6, 6.07) is 21.3. The fourth-order valence-electron chi connectivity index (χ4n) is 5.46. The van der Waals surface area contributed by atoms with Crippen molar-refractivity contribution in [2.24, 2.45) is 5.92 Å². The molecule has 36 heavy (non-hydrogen) atoms. The van der Waals surface area contributed by atoms with Crippen LogP contribution in [0.3, 0.4) is 0 Å². The Hall–Kier alpha value is -3.45. The second-order valence-electron chi connectivity index (χ2n) is 9.71. The molecule has 3 heterocycles. The third kappa shape index (κ3) is 5.68. The maximum absolute atomic E-state index is 13.9. The van der Waals surface area contributed by atoms with Gasteiger partial charge in [-0.25, -0.2) is 13.6 Å². The Morgan fingerprint density at radius 1 is 0.889 bits per heavy atom. The smallest absolute Gasteiger partial charge is 0.488 e. The number of hydrogen-bond acceptors (Lipinski definition) is 4. The van der Waals surface area contributed by atoms with Gasteiger partial charge in [0.2, 0.25) is 0 Å². The topological polar surface area (TPSA) is 44.8 Å². The van der Waals surface area contributed by atoms with Crippen LogP contribution in [0.15, 0.2) is 78.9 Å². The molecule has 2 bridgehead atoms. The Morgan fingerprint density at radius 2 is 1.53 bits per heavy atom. The summed E-state index contributed by atoms with van der Waals surface area (Å²) in [4.78, 5) is 13.0. The van der Waals surface area contributed by atoms with Gasteiger partial charge in [0, 0.05) is 29.9 Å². The van der Waals surface area contributed by atoms with Crippen LogP contribution in [0.25, 0.3) is 0 Å². The Morgan fingerprint density at radius 3 is 2.14 bits per heavy atom. The van der Waals surface area contributed by atoms with Gasteiger partial charge in [0.05, 0.1) is 13.1 Å². The zero-order valence-corrected chi connectivity index (χ0v) is 20.0. The zero-order chi connectivity index (χ0) is 25.0. The van der Waals surface area contributed by atoms with E-state index in [0.717, 1.165) is 42.7 Å².